The van der Waals surface area contributed by atoms with Gasteiger partial charge in [-0.05, 0) is 30.2 Å². The molecular formula is C14H12ClN3S. The Balaban J connectivity index is 2.01. The molecule has 0 N–H and O–H groups in total. The Hall–Kier alpha value is -1.52. The van der Waals surface area contributed by atoms with Crippen molar-refractivity contribution < 1.29 is 0 Å². The maximum Gasteiger partial charge on any atom is 0.141 e. The lowest BCUT2D eigenvalue weighted by Gasteiger charge is -2.01. The van der Waals surface area contributed by atoms with Crippen LogP contribution in [0.2, 0.25) is 5.15 Å². The highest BCUT2D eigenvalue weighted by Crippen LogP contribution is 2.29. The average Bonchev–Trinajstić information content (AvgIpc) is 2.83. The zero-order valence-corrected chi connectivity index (χ0v) is 12.0. The molecular weight excluding hydrogens is 278 g/mol. The Bertz CT molecular complexity index is 709. The summed E-state index contributed by atoms with van der Waals surface area (Å²) < 4.78 is 0. The van der Waals surface area contributed by atoms with Crippen molar-refractivity contribution in [2.75, 3.05) is 0 Å². The summed E-state index contributed by atoms with van der Waals surface area (Å²) >= 11 is 7.93. The fourth-order valence-electron chi connectivity index (χ4n) is 1.91. The van der Waals surface area contributed by atoms with Gasteiger partial charge >= 0.3 is 0 Å². The van der Waals surface area contributed by atoms with E-state index in [4.69, 9.17) is 11.6 Å². The van der Waals surface area contributed by atoms with Crippen LogP contribution in [0.3, 0.4) is 0 Å². The topological polar surface area (TPSA) is 38.7 Å². The van der Waals surface area contributed by atoms with E-state index >= 15 is 0 Å². The summed E-state index contributed by atoms with van der Waals surface area (Å²) in [5.41, 5.74) is 1.14. The van der Waals surface area contributed by atoms with Gasteiger partial charge in [0.25, 0.3) is 0 Å². The summed E-state index contributed by atoms with van der Waals surface area (Å²) in [4.78, 5) is 15.2. The lowest BCUT2D eigenvalue weighted by molar-refractivity contribution is 0.993. The highest BCUT2D eigenvalue weighted by atomic mass is 35.5. The Morgan fingerprint density at radius 2 is 2.00 bits per heavy atom. The fraction of sp³-hybridized carbons (Fsp3) is 0.214. The van der Waals surface area contributed by atoms with Gasteiger partial charge in [-0.3, -0.25) is 4.98 Å². The number of hydrogen-bond donors (Lipinski definition) is 0. The lowest BCUT2D eigenvalue weighted by Crippen LogP contribution is -1.96. The van der Waals surface area contributed by atoms with Crippen LogP contribution >= 0.6 is 22.9 Å². The van der Waals surface area contributed by atoms with Crippen LogP contribution in [0.1, 0.15) is 23.2 Å². The molecule has 3 rings (SSSR count). The Morgan fingerprint density at radius 3 is 2.74 bits per heavy atom. The van der Waals surface area contributed by atoms with Gasteiger partial charge < -0.3 is 0 Å². The molecule has 0 bridgehead atoms. The monoisotopic (exact) mass is 289 g/mol. The third kappa shape index (κ3) is 2.60. The molecule has 0 fully saturated rings. The number of thiophene rings is 1. The van der Waals surface area contributed by atoms with Gasteiger partial charge in [-0.2, -0.15) is 0 Å². The van der Waals surface area contributed by atoms with E-state index in [9.17, 15) is 0 Å². The number of fused-ring (bicyclic) bond motifs is 1. The van der Waals surface area contributed by atoms with E-state index in [-0.39, 0.29) is 0 Å². The zero-order valence-electron chi connectivity index (χ0n) is 10.4. The number of nitrogens with zero attached hydrogens (tertiary/aromatic N) is 3. The summed E-state index contributed by atoms with van der Waals surface area (Å²) in [6.45, 7) is 2.13. The van der Waals surface area contributed by atoms with Gasteiger partial charge in [0.15, 0.2) is 0 Å². The molecule has 0 aliphatic rings. The van der Waals surface area contributed by atoms with Crippen LogP contribution in [0.5, 0.6) is 0 Å². The second-order valence-corrected chi connectivity index (χ2v) is 5.72. The minimum Gasteiger partial charge on any atom is -0.265 e. The van der Waals surface area contributed by atoms with Crippen LogP contribution in [0.25, 0.3) is 10.2 Å². The van der Waals surface area contributed by atoms with E-state index in [2.05, 4.69) is 27.9 Å². The highest BCUT2D eigenvalue weighted by molar-refractivity contribution is 7.18. The van der Waals surface area contributed by atoms with Gasteiger partial charge in [0.05, 0.1) is 0 Å². The number of hydrogen-bond acceptors (Lipinski definition) is 4. The number of rotatable bonds is 3. The van der Waals surface area contributed by atoms with Crippen molar-refractivity contribution in [3.63, 3.8) is 0 Å². The molecule has 96 valence electrons. The Labute approximate surface area is 120 Å². The first-order chi connectivity index (χ1) is 9.26. The molecule has 3 nitrogen and oxygen atoms in total. The summed E-state index contributed by atoms with van der Waals surface area (Å²) in [7, 11) is 0. The molecule has 0 spiro atoms. The second-order valence-electron chi connectivity index (χ2n) is 4.25. The van der Waals surface area contributed by atoms with Gasteiger partial charge in [-0.25, -0.2) is 9.97 Å². The van der Waals surface area contributed by atoms with Crippen molar-refractivity contribution in [1.82, 2.24) is 15.0 Å². The largest absolute Gasteiger partial charge is 0.265 e. The predicted octanol–water partition coefficient (Wildman–Crippen LogP) is 3.89. The molecule has 0 saturated heterocycles. The third-order valence-corrected chi connectivity index (χ3v) is 4.37. The lowest BCUT2D eigenvalue weighted by atomic mass is 10.2. The maximum atomic E-state index is 6.24. The van der Waals surface area contributed by atoms with Crippen molar-refractivity contribution in [3.05, 3.63) is 52.0 Å². The third-order valence-electron chi connectivity index (χ3n) is 2.90. The first-order valence-electron chi connectivity index (χ1n) is 6.10. The molecule has 0 amide bonds. The SMILES string of the molecule is CCc1cc2c(Cl)nc(Cc3ccncc3)nc2s1. The summed E-state index contributed by atoms with van der Waals surface area (Å²) in [5.74, 6) is 0.758. The molecule has 0 aliphatic heterocycles. The quantitative estimate of drug-likeness (QED) is 0.687. The van der Waals surface area contributed by atoms with Gasteiger partial charge in [0, 0.05) is 29.1 Å². The van der Waals surface area contributed by atoms with Crippen LogP contribution in [0.4, 0.5) is 0 Å². The Morgan fingerprint density at radius 1 is 1.21 bits per heavy atom. The first kappa shape index (κ1) is 12.5. The molecule has 19 heavy (non-hydrogen) atoms. The van der Waals surface area contributed by atoms with Crippen molar-refractivity contribution in [3.8, 4) is 0 Å². The number of aryl methyl sites for hydroxylation is 1. The molecule has 0 radical (unpaired) electrons. The van der Waals surface area contributed by atoms with Crippen LogP contribution in [0.15, 0.2) is 30.6 Å². The predicted molar refractivity (Wildman–Crippen MR) is 78.8 cm³/mol. The number of halogens is 1. The van der Waals surface area contributed by atoms with Crippen LogP contribution in [-0.2, 0) is 12.8 Å². The normalized spacial score (nSPS) is 11.1. The van der Waals surface area contributed by atoms with Gasteiger partial charge in [-0.15, -0.1) is 11.3 Å². The summed E-state index contributed by atoms with van der Waals surface area (Å²) in [5, 5.41) is 1.51. The molecule has 0 saturated carbocycles. The second kappa shape index (κ2) is 5.23. The molecule has 3 heterocycles. The Kier molecular flexibility index (Phi) is 3.44. The average molecular weight is 290 g/mol. The summed E-state index contributed by atoms with van der Waals surface area (Å²) in [6, 6.07) is 6.01. The molecule has 0 unspecified atom stereocenters. The van der Waals surface area contributed by atoms with Crippen LogP contribution in [-0.4, -0.2) is 15.0 Å². The summed E-state index contributed by atoms with van der Waals surface area (Å²) in [6.07, 6.45) is 5.22. The standard InChI is InChI=1S/C14H12ClN3S/c1-2-10-8-11-13(15)17-12(18-14(11)19-10)7-9-3-5-16-6-4-9/h3-6,8H,2,7H2,1H3. The number of aromatic nitrogens is 3. The molecule has 0 aliphatic carbocycles. The minimum absolute atomic E-state index is 0.546. The van der Waals surface area contributed by atoms with E-state index < -0.39 is 0 Å². The molecule has 3 aromatic heterocycles. The maximum absolute atomic E-state index is 6.24. The van der Waals surface area contributed by atoms with E-state index in [1.165, 1.54) is 4.88 Å². The van der Waals surface area contributed by atoms with E-state index in [0.717, 1.165) is 28.0 Å². The molecule has 0 atom stereocenters. The van der Waals surface area contributed by atoms with Gasteiger partial charge in [0.2, 0.25) is 0 Å². The van der Waals surface area contributed by atoms with Crippen LogP contribution in [0, 0.1) is 0 Å². The van der Waals surface area contributed by atoms with Crippen molar-refractivity contribution in [1.29, 1.82) is 0 Å². The highest BCUT2D eigenvalue weighted by Gasteiger charge is 2.10. The molecule has 3 aromatic rings. The zero-order chi connectivity index (χ0) is 13.2. The molecule has 5 heteroatoms. The van der Waals surface area contributed by atoms with Gasteiger partial charge in [0.1, 0.15) is 15.8 Å². The molecule has 0 aromatic carbocycles. The van der Waals surface area contributed by atoms with Gasteiger partial charge in [-0.1, -0.05) is 18.5 Å². The van der Waals surface area contributed by atoms with E-state index in [0.29, 0.717) is 11.6 Å². The van der Waals surface area contributed by atoms with Crippen molar-refractivity contribution in [2.24, 2.45) is 0 Å². The van der Waals surface area contributed by atoms with Crippen LogP contribution < -0.4 is 0 Å². The van der Waals surface area contributed by atoms with Crippen molar-refractivity contribution in [2.45, 2.75) is 19.8 Å². The first-order valence-corrected chi connectivity index (χ1v) is 7.29. The minimum atomic E-state index is 0.546. The number of pyridine rings is 1. The van der Waals surface area contributed by atoms with Crippen molar-refractivity contribution >= 4 is 33.2 Å². The van der Waals surface area contributed by atoms with E-state index in [1.807, 2.05) is 12.1 Å². The fourth-order valence-corrected chi connectivity index (χ4v) is 3.20. The van der Waals surface area contributed by atoms with E-state index in [1.54, 1.807) is 23.7 Å². The smallest absolute Gasteiger partial charge is 0.141 e.